The van der Waals surface area contributed by atoms with Gasteiger partial charge in [-0.1, -0.05) is 0 Å². The Morgan fingerprint density at radius 3 is 2.55 bits per heavy atom. The Bertz CT molecular complexity index is 524. The number of rotatable bonds is 1. The zero-order chi connectivity index (χ0) is 14.1. The van der Waals surface area contributed by atoms with Gasteiger partial charge in [0, 0.05) is 26.1 Å². The summed E-state index contributed by atoms with van der Waals surface area (Å²) >= 11 is 0. The van der Waals surface area contributed by atoms with Crippen molar-refractivity contribution in [1.29, 1.82) is 0 Å². The van der Waals surface area contributed by atoms with Crippen LogP contribution in [0, 0.1) is 11.7 Å². The van der Waals surface area contributed by atoms with Crippen LogP contribution in [0.4, 0.5) is 15.8 Å². The van der Waals surface area contributed by atoms with E-state index in [0.717, 1.165) is 43.9 Å². The molecule has 4 nitrogen and oxygen atoms in total. The van der Waals surface area contributed by atoms with E-state index in [-0.39, 0.29) is 42.5 Å². The van der Waals surface area contributed by atoms with Crippen molar-refractivity contribution < 1.29 is 9.18 Å². The Morgan fingerprint density at radius 1 is 1.18 bits per heavy atom. The number of amides is 1. The molecule has 2 aliphatic heterocycles. The van der Waals surface area contributed by atoms with Crippen LogP contribution in [0.1, 0.15) is 12.8 Å². The van der Waals surface area contributed by atoms with Crippen LogP contribution in [0.15, 0.2) is 18.2 Å². The molecule has 1 N–H and O–H groups in total. The molecule has 7 heteroatoms. The van der Waals surface area contributed by atoms with E-state index in [1.165, 1.54) is 12.1 Å². The normalized spacial score (nSPS) is 18.1. The number of likely N-dealkylation sites (N-methyl/N-ethyl adjacent to an activating group) is 1. The summed E-state index contributed by atoms with van der Waals surface area (Å²) in [6, 6.07) is 4.66. The molecular formula is C15H22Cl2FN3O. The first-order chi connectivity index (χ1) is 9.66. The first-order valence-corrected chi connectivity index (χ1v) is 7.19. The average Bonchev–Trinajstić information content (AvgIpc) is 2.48. The first-order valence-electron chi connectivity index (χ1n) is 7.19. The number of hydrogen-bond acceptors (Lipinski definition) is 3. The Morgan fingerprint density at radius 2 is 1.86 bits per heavy atom. The molecule has 0 atom stereocenters. The van der Waals surface area contributed by atoms with Gasteiger partial charge in [0.05, 0.1) is 11.4 Å². The number of benzene rings is 1. The summed E-state index contributed by atoms with van der Waals surface area (Å²) in [4.78, 5) is 16.5. The molecular weight excluding hydrogens is 328 g/mol. The van der Waals surface area contributed by atoms with Gasteiger partial charge in [0.15, 0.2) is 0 Å². The van der Waals surface area contributed by atoms with Crippen molar-refractivity contribution in [2.24, 2.45) is 5.92 Å². The third-order valence-electron chi connectivity index (χ3n) is 4.25. The highest BCUT2D eigenvalue weighted by molar-refractivity contribution is 5.99. The minimum Gasteiger partial charge on any atom is -0.371 e. The first kappa shape index (κ1) is 19.0. The lowest BCUT2D eigenvalue weighted by Crippen LogP contribution is -2.47. The van der Waals surface area contributed by atoms with Crippen molar-refractivity contribution in [3.63, 3.8) is 0 Å². The topological polar surface area (TPSA) is 35.6 Å². The molecule has 0 radical (unpaired) electrons. The van der Waals surface area contributed by atoms with Crippen LogP contribution in [0.2, 0.25) is 0 Å². The van der Waals surface area contributed by atoms with Crippen molar-refractivity contribution in [2.45, 2.75) is 12.8 Å². The predicted molar refractivity (Wildman–Crippen MR) is 92.1 cm³/mol. The molecule has 3 rings (SSSR count). The third kappa shape index (κ3) is 3.65. The van der Waals surface area contributed by atoms with Crippen LogP contribution in [0.5, 0.6) is 0 Å². The molecule has 1 saturated heterocycles. The van der Waals surface area contributed by atoms with E-state index in [1.54, 1.807) is 6.07 Å². The number of anilines is 2. The van der Waals surface area contributed by atoms with E-state index in [2.05, 4.69) is 5.32 Å². The lowest BCUT2D eigenvalue weighted by molar-refractivity contribution is -0.123. The molecule has 0 unspecified atom stereocenters. The van der Waals surface area contributed by atoms with Crippen LogP contribution >= 0.6 is 24.8 Å². The van der Waals surface area contributed by atoms with Crippen molar-refractivity contribution in [3.05, 3.63) is 24.0 Å². The molecule has 1 aromatic carbocycles. The van der Waals surface area contributed by atoms with Gasteiger partial charge >= 0.3 is 0 Å². The number of nitrogens with one attached hydrogen (secondary N) is 1. The molecule has 1 amide bonds. The second-order valence-corrected chi connectivity index (χ2v) is 5.57. The smallest absolute Gasteiger partial charge is 0.230 e. The number of halogens is 3. The minimum absolute atomic E-state index is 0. The molecule has 2 aliphatic rings. The Balaban J connectivity index is 0.00000121. The summed E-state index contributed by atoms with van der Waals surface area (Å²) in [5.74, 6) is 0.0248. The van der Waals surface area contributed by atoms with Crippen LogP contribution in [0.25, 0.3) is 0 Å². The number of fused-ring (bicyclic) bond motifs is 1. The summed E-state index contributed by atoms with van der Waals surface area (Å²) in [6.07, 6.45) is 1.78. The summed E-state index contributed by atoms with van der Waals surface area (Å²) in [6.45, 7) is 3.23. The molecule has 124 valence electrons. The van der Waals surface area contributed by atoms with Gasteiger partial charge in [0.25, 0.3) is 0 Å². The Hall–Kier alpha value is -1.04. The van der Waals surface area contributed by atoms with E-state index in [9.17, 15) is 9.18 Å². The molecule has 0 spiro atoms. The summed E-state index contributed by atoms with van der Waals surface area (Å²) in [7, 11) is 1.94. The fourth-order valence-electron chi connectivity index (χ4n) is 3.04. The van der Waals surface area contributed by atoms with Crippen LogP contribution in [0.3, 0.4) is 0 Å². The van der Waals surface area contributed by atoms with Gasteiger partial charge in [-0.15, -0.1) is 24.8 Å². The SMILES string of the molecule is CN1CCN(C(=O)C2CCNCC2)c2ccc(F)cc21.Cl.Cl. The zero-order valence-electron chi connectivity index (χ0n) is 12.5. The van der Waals surface area contributed by atoms with Gasteiger partial charge < -0.3 is 15.1 Å². The van der Waals surface area contributed by atoms with Crippen LogP contribution in [-0.2, 0) is 4.79 Å². The summed E-state index contributed by atoms with van der Waals surface area (Å²) in [5, 5.41) is 3.28. The van der Waals surface area contributed by atoms with Crippen LogP contribution in [-0.4, -0.2) is 39.1 Å². The Labute approximate surface area is 142 Å². The fourth-order valence-corrected chi connectivity index (χ4v) is 3.04. The second-order valence-electron chi connectivity index (χ2n) is 5.57. The molecule has 1 aromatic rings. The molecule has 1 fully saturated rings. The number of carbonyl (C=O) groups is 1. The quantitative estimate of drug-likeness (QED) is 0.845. The van der Waals surface area contributed by atoms with Crippen molar-refractivity contribution in [1.82, 2.24) is 5.32 Å². The highest BCUT2D eigenvalue weighted by atomic mass is 35.5. The van der Waals surface area contributed by atoms with Gasteiger partial charge in [-0.25, -0.2) is 4.39 Å². The standard InChI is InChI=1S/C15H20FN3O.2ClH/c1-18-8-9-19(13-3-2-12(16)10-14(13)18)15(20)11-4-6-17-7-5-11;;/h2-3,10-11,17H,4-9H2,1H3;2*1H. The molecule has 0 bridgehead atoms. The average molecular weight is 350 g/mol. The van der Waals surface area contributed by atoms with Gasteiger partial charge in [-0.2, -0.15) is 0 Å². The van der Waals surface area contributed by atoms with Crippen LogP contribution < -0.4 is 15.1 Å². The lowest BCUT2D eigenvalue weighted by Gasteiger charge is -2.38. The molecule has 2 heterocycles. The second kappa shape index (κ2) is 7.99. The molecule has 0 aliphatic carbocycles. The Kier molecular flexibility index (Phi) is 6.91. The van der Waals surface area contributed by atoms with Gasteiger partial charge in [0.2, 0.25) is 5.91 Å². The maximum atomic E-state index is 13.4. The monoisotopic (exact) mass is 349 g/mol. The number of nitrogens with zero attached hydrogens (tertiary/aromatic N) is 2. The van der Waals surface area contributed by atoms with Crippen molar-refractivity contribution in [2.75, 3.05) is 43.0 Å². The number of carbonyl (C=O) groups excluding carboxylic acids is 1. The molecule has 22 heavy (non-hydrogen) atoms. The van der Waals surface area contributed by atoms with Gasteiger partial charge in [-0.05, 0) is 44.1 Å². The summed E-state index contributed by atoms with van der Waals surface area (Å²) < 4.78 is 13.4. The van der Waals surface area contributed by atoms with Crippen molar-refractivity contribution >= 4 is 42.1 Å². The largest absolute Gasteiger partial charge is 0.371 e. The van der Waals surface area contributed by atoms with E-state index in [4.69, 9.17) is 0 Å². The summed E-state index contributed by atoms with van der Waals surface area (Å²) in [5.41, 5.74) is 1.64. The van der Waals surface area contributed by atoms with E-state index in [1.807, 2.05) is 16.8 Å². The van der Waals surface area contributed by atoms with E-state index >= 15 is 0 Å². The highest BCUT2D eigenvalue weighted by Gasteiger charge is 2.31. The maximum absolute atomic E-state index is 13.4. The zero-order valence-corrected chi connectivity index (χ0v) is 14.2. The van der Waals surface area contributed by atoms with E-state index in [0.29, 0.717) is 6.54 Å². The van der Waals surface area contributed by atoms with Gasteiger partial charge in [0.1, 0.15) is 5.82 Å². The molecule has 0 saturated carbocycles. The minimum atomic E-state index is -0.258. The van der Waals surface area contributed by atoms with Gasteiger partial charge in [-0.3, -0.25) is 4.79 Å². The van der Waals surface area contributed by atoms with E-state index < -0.39 is 0 Å². The maximum Gasteiger partial charge on any atom is 0.230 e. The highest BCUT2D eigenvalue weighted by Crippen LogP contribution is 2.34. The lowest BCUT2D eigenvalue weighted by atomic mass is 9.95. The predicted octanol–water partition coefficient (Wildman–Crippen LogP) is 2.45. The number of hydrogen-bond donors (Lipinski definition) is 1. The number of piperidine rings is 1. The fraction of sp³-hybridized carbons (Fsp3) is 0.533. The molecule has 0 aromatic heterocycles. The third-order valence-corrected chi connectivity index (χ3v) is 4.25. The van der Waals surface area contributed by atoms with Crippen molar-refractivity contribution in [3.8, 4) is 0 Å².